The monoisotopic (exact) mass is 457 g/mol. The summed E-state index contributed by atoms with van der Waals surface area (Å²) in [6.07, 6.45) is 0. The van der Waals surface area contributed by atoms with Crippen LogP contribution >= 0.6 is 11.6 Å². The van der Waals surface area contributed by atoms with Crippen LogP contribution in [-0.4, -0.2) is 57.7 Å². The number of aliphatic hydroxyl groups is 1. The van der Waals surface area contributed by atoms with Crippen molar-refractivity contribution in [1.29, 1.82) is 0 Å². The number of hydrogen-bond donors (Lipinski definition) is 1. The number of carbonyl (C=O) groups excluding carboxylic acids is 2. The van der Waals surface area contributed by atoms with Gasteiger partial charge in [-0.05, 0) is 42.9 Å². The normalized spacial score (nSPS) is 17.9. The van der Waals surface area contributed by atoms with Gasteiger partial charge in [0.2, 0.25) is 0 Å². The van der Waals surface area contributed by atoms with Crippen molar-refractivity contribution in [2.75, 3.05) is 26.2 Å². The molecule has 0 bridgehead atoms. The van der Waals surface area contributed by atoms with Gasteiger partial charge in [0.1, 0.15) is 5.76 Å². The van der Waals surface area contributed by atoms with Gasteiger partial charge in [-0.2, -0.15) is 0 Å². The smallest absolute Gasteiger partial charge is 0.295 e. The number of non-ortho nitro benzene ring substituents is 1. The average molecular weight is 458 g/mol. The SMILES string of the molecule is CCN(CC)CCN1C(=O)C(=O)C(=C(O)c2ccc([N+](=O)[O-])cc2)[C@@H]1c1ccc(Cl)cc1. The number of ketones is 1. The Morgan fingerprint density at radius 2 is 1.69 bits per heavy atom. The van der Waals surface area contributed by atoms with E-state index in [1.807, 2.05) is 13.8 Å². The highest BCUT2D eigenvalue weighted by atomic mass is 35.5. The predicted octanol–water partition coefficient (Wildman–Crippen LogP) is 4.01. The number of rotatable bonds is 8. The number of likely N-dealkylation sites (tertiary alicyclic amines) is 1. The van der Waals surface area contributed by atoms with Crippen molar-refractivity contribution < 1.29 is 19.6 Å². The summed E-state index contributed by atoms with van der Waals surface area (Å²) in [7, 11) is 0. The third-order valence-corrected chi connectivity index (χ3v) is 5.88. The first-order chi connectivity index (χ1) is 15.3. The molecule has 1 amide bonds. The number of nitrogens with zero attached hydrogens (tertiary/aromatic N) is 3. The van der Waals surface area contributed by atoms with Gasteiger partial charge in [0.05, 0.1) is 16.5 Å². The lowest BCUT2D eigenvalue weighted by Gasteiger charge is -2.28. The summed E-state index contributed by atoms with van der Waals surface area (Å²) in [6.45, 7) is 6.51. The fraction of sp³-hybridized carbons (Fsp3) is 0.304. The van der Waals surface area contributed by atoms with Gasteiger partial charge in [-0.1, -0.05) is 37.6 Å². The summed E-state index contributed by atoms with van der Waals surface area (Å²) in [5, 5.41) is 22.4. The molecule has 1 aliphatic heterocycles. The number of hydrogen-bond acceptors (Lipinski definition) is 6. The van der Waals surface area contributed by atoms with Crippen LogP contribution in [0.2, 0.25) is 5.02 Å². The lowest BCUT2D eigenvalue weighted by atomic mass is 9.95. The average Bonchev–Trinajstić information content (AvgIpc) is 3.04. The number of likely N-dealkylation sites (N-methyl/N-ethyl adjacent to an activating group) is 1. The zero-order valence-electron chi connectivity index (χ0n) is 17.8. The number of nitro groups is 1. The second-order valence-electron chi connectivity index (χ2n) is 7.37. The quantitative estimate of drug-likeness (QED) is 0.211. The lowest BCUT2D eigenvalue weighted by molar-refractivity contribution is -0.384. The predicted molar refractivity (Wildman–Crippen MR) is 121 cm³/mol. The molecule has 2 aromatic carbocycles. The van der Waals surface area contributed by atoms with Crippen molar-refractivity contribution in [3.63, 3.8) is 0 Å². The topological polar surface area (TPSA) is 104 Å². The summed E-state index contributed by atoms with van der Waals surface area (Å²) in [5.41, 5.74) is 0.661. The molecule has 1 N–H and O–H groups in total. The largest absolute Gasteiger partial charge is 0.507 e. The molecule has 32 heavy (non-hydrogen) atoms. The molecule has 8 nitrogen and oxygen atoms in total. The number of benzene rings is 2. The Labute approximate surface area is 190 Å². The van der Waals surface area contributed by atoms with Gasteiger partial charge in [0.15, 0.2) is 0 Å². The molecule has 0 aromatic heterocycles. The Bertz CT molecular complexity index is 1050. The molecule has 0 aliphatic carbocycles. The number of halogens is 1. The second-order valence-corrected chi connectivity index (χ2v) is 7.81. The Balaban J connectivity index is 2.08. The molecule has 168 valence electrons. The number of Topliss-reactive ketones (excluding diaryl/α,β-unsaturated/α-hetero) is 1. The number of carbonyl (C=O) groups is 2. The van der Waals surface area contributed by atoms with Gasteiger partial charge < -0.3 is 14.9 Å². The van der Waals surface area contributed by atoms with E-state index in [-0.39, 0.29) is 22.6 Å². The number of aliphatic hydroxyl groups excluding tert-OH is 1. The summed E-state index contributed by atoms with van der Waals surface area (Å²) >= 11 is 6.02. The van der Waals surface area contributed by atoms with Crippen molar-refractivity contribution in [3.8, 4) is 0 Å². The molecule has 1 fully saturated rings. The summed E-state index contributed by atoms with van der Waals surface area (Å²) in [4.78, 5) is 39.9. The van der Waals surface area contributed by atoms with Crippen molar-refractivity contribution in [3.05, 3.63) is 80.4 Å². The van der Waals surface area contributed by atoms with Gasteiger partial charge in [-0.15, -0.1) is 0 Å². The first kappa shape index (κ1) is 23.4. The van der Waals surface area contributed by atoms with Crippen LogP contribution in [0.1, 0.15) is 31.0 Å². The third kappa shape index (κ3) is 4.66. The minimum atomic E-state index is -0.793. The zero-order chi connectivity index (χ0) is 23.4. The van der Waals surface area contributed by atoms with E-state index in [9.17, 15) is 24.8 Å². The van der Waals surface area contributed by atoms with Crippen LogP contribution in [0.25, 0.3) is 5.76 Å². The summed E-state index contributed by atoms with van der Waals surface area (Å²) in [6, 6.07) is 11.1. The van der Waals surface area contributed by atoms with Gasteiger partial charge in [0, 0.05) is 35.8 Å². The Morgan fingerprint density at radius 3 is 2.22 bits per heavy atom. The van der Waals surface area contributed by atoms with E-state index in [2.05, 4.69) is 4.90 Å². The highest BCUT2D eigenvalue weighted by Crippen LogP contribution is 2.39. The number of amides is 1. The lowest BCUT2D eigenvalue weighted by Crippen LogP contribution is -2.38. The minimum absolute atomic E-state index is 0.0503. The van der Waals surface area contributed by atoms with E-state index in [0.717, 1.165) is 13.1 Å². The van der Waals surface area contributed by atoms with Gasteiger partial charge in [0.25, 0.3) is 17.4 Å². The van der Waals surface area contributed by atoms with Crippen LogP contribution in [0.5, 0.6) is 0 Å². The zero-order valence-corrected chi connectivity index (χ0v) is 18.6. The van der Waals surface area contributed by atoms with E-state index in [1.165, 1.54) is 29.2 Å². The Hall–Kier alpha value is -3.23. The fourth-order valence-corrected chi connectivity index (χ4v) is 3.91. The van der Waals surface area contributed by atoms with Crippen LogP contribution in [0.3, 0.4) is 0 Å². The van der Waals surface area contributed by atoms with E-state index in [4.69, 9.17) is 11.6 Å². The molecule has 1 atom stereocenters. The van der Waals surface area contributed by atoms with Crippen LogP contribution in [0, 0.1) is 10.1 Å². The van der Waals surface area contributed by atoms with Crippen LogP contribution in [0.4, 0.5) is 5.69 Å². The van der Waals surface area contributed by atoms with Crippen LogP contribution in [0.15, 0.2) is 54.1 Å². The van der Waals surface area contributed by atoms with E-state index >= 15 is 0 Å². The third-order valence-electron chi connectivity index (χ3n) is 5.63. The molecule has 1 saturated heterocycles. The molecule has 1 aliphatic rings. The molecule has 1 heterocycles. The van der Waals surface area contributed by atoms with Crippen molar-refractivity contribution in [2.45, 2.75) is 19.9 Å². The molecule has 3 rings (SSSR count). The second kappa shape index (κ2) is 9.93. The van der Waals surface area contributed by atoms with Crippen molar-refractivity contribution in [1.82, 2.24) is 9.80 Å². The molecule has 9 heteroatoms. The van der Waals surface area contributed by atoms with Crippen LogP contribution in [-0.2, 0) is 9.59 Å². The maximum Gasteiger partial charge on any atom is 0.295 e. The number of nitro benzene ring substituents is 1. The van der Waals surface area contributed by atoms with Crippen molar-refractivity contribution in [2.24, 2.45) is 0 Å². The summed E-state index contributed by atoms with van der Waals surface area (Å²) < 4.78 is 0. The maximum absolute atomic E-state index is 13.0. The molecule has 0 spiro atoms. The molecule has 0 radical (unpaired) electrons. The van der Waals surface area contributed by atoms with Gasteiger partial charge in [-0.3, -0.25) is 19.7 Å². The molecule has 0 unspecified atom stereocenters. The molecule has 0 saturated carbocycles. The maximum atomic E-state index is 13.0. The van der Waals surface area contributed by atoms with Crippen LogP contribution < -0.4 is 0 Å². The molecular weight excluding hydrogens is 434 g/mol. The standard InChI is InChI=1S/C23H24ClN3O5/c1-3-25(4-2)13-14-26-20(15-5-9-17(24)10-6-15)19(22(29)23(26)30)21(28)16-7-11-18(12-8-16)27(31)32/h5-12,20,28H,3-4,13-14H2,1-2H3/t20-/m0/s1. The highest BCUT2D eigenvalue weighted by molar-refractivity contribution is 6.46. The van der Waals surface area contributed by atoms with Crippen molar-refractivity contribution >= 4 is 34.7 Å². The Kier molecular flexibility index (Phi) is 7.27. The fourth-order valence-electron chi connectivity index (χ4n) is 3.79. The van der Waals surface area contributed by atoms with E-state index in [1.54, 1.807) is 24.3 Å². The highest BCUT2D eigenvalue weighted by Gasteiger charge is 2.45. The Morgan fingerprint density at radius 1 is 1.09 bits per heavy atom. The molecule has 2 aromatic rings. The minimum Gasteiger partial charge on any atom is -0.507 e. The molecular formula is C23H24ClN3O5. The first-order valence-corrected chi connectivity index (χ1v) is 10.7. The van der Waals surface area contributed by atoms with Gasteiger partial charge >= 0.3 is 0 Å². The van der Waals surface area contributed by atoms with E-state index < -0.39 is 22.7 Å². The summed E-state index contributed by atoms with van der Waals surface area (Å²) in [5.74, 6) is -1.86. The van der Waals surface area contributed by atoms with Gasteiger partial charge in [-0.25, -0.2) is 0 Å². The van der Waals surface area contributed by atoms with E-state index in [0.29, 0.717) is 23.7 Å². The first-order valence-electron chi connectivity index (χ1n) is 10.3.